The summed E-state index contributed by atoms with van der Waals surface area (Å²) < 4.78 is 0. The van der Waals surface area contributed by atoms with E-state index in [1.54, 1.807) is 0 Å². The topological polar surface area (TPSA) is 12.0 Å². The summed E-state index contributed by atoms with van der Waals surface area (Å²) in [5.41, 5.74) is 2.63. The third kappa shape index (κ3) is 2.39. The molecule has 0 heterocycles. The Bertz CT molecular complexity index is 356. The Labute approximate surface area is 119 Å². The molecule has 0 radical (unpaired) electrons. The number of rotatable bonds is 5. The molecule has 4 aliphatic rings. The van der Waals surface area contributed by atoms with E-state index < -0.39 is 0 Å². The van der Waals surface area contributed by atoms with Gasteiger partial charge in [0.05, 0.1) is 0 Å². The summed E-state index contributed by atoms with van der Waals surface area (Å²) in [5, 5.41) is 3.69. The molecular weight excluding hydrogens is 230 g/mol. The summed E-state index contributed by atoms with van der Waals surface area (Å²) in [6, 6.07) is 0.717. The molecule has 4 aliphatic carbocycles. The maximum Gasteiger partial charge on any atom is 0.0124 e. The summed E-state index contributed by atoms with van der Waals surface area (Å²) in [6.07, 6.45) is 11.5. The average Bonchev–Trinajstić information content (AvgIpc) is 2.25. The van der Waals surface area contributed by atoms with E-state index in [1.165, 1.54) is 56.9 Å². The van der Waals surface area contributed by atoms with Gasteiger partial charge in [-0.3, -0.25) is 0 Å². The second kappa shape index (κ2) is 4.62. The Kier molecular flexibility index (Phi) is 3.32. The molecule has 0 spiro atoms. The van der Waals surface area contributed by atoms with Gasteiger partial charge < -0.3 is 5.32 Å². The number of allylic oxidation sites excluding steroid dienone is 1. The number of hydrogen-bond donors (Lipinski definition) is 1. The molecule has 1 heteroatoms. The van der Waals surface area contributed by atoms with Crippen molar-refractivity contribution in [3.63, 3.8) is 0 Å². The van der Waals surface area contributed by atoms with Crippen LogP contribution in [0.3, 0.4) is 0 Å². The molecule has 19 heavy (non-hydrogen) atoms. The van der Waals surface area contributed by atoms with Crippen molar-refractivity contribution in [2.75, 3.05) is 7.05 Å². The second-order valence-corrected chi connectivity index (χ2v) is 8.47. The van der Waals surface area contributed by atoms with Gasteiger partial charge in [-0.25, -0.2) is 0 Å². The van der Waals surface area contributed by atoms with Gasteiger partial charge in [0.2, 0.25) is 0 Å². The minimum Gasteiger partial charge on any atom is -0.316 e. The van der Waals surface area contributed by atoms with Crippen LogP contribution in [-0.2, 0) is 0 Å². The zero-order valence-corrected chi connectivity index (χ0v) is 13.1. The lowest BCUT2D eigenvalue weighted by molar-refractivity contribution is -0.118. The lowest BCUT2D eigenvalue weighted by Gasteiger charge is -2.63. The van der Waals surface area contributed by atoms with Crippen molar-refractivity contribution in [2.24, 2.45) is 22.7 Å². The molecular formula is C18H31N. The molecule has 4 fully saturated rings. The molecule has 4 saturated carbocycles. The van der Waals surface area contributed by atoms with Gasteiger partial charge in [-0.15, -0.1) is 6.58 Å². The van der Waals surface area contributed by atoms with E-state index in [2.05, 4.69) is 32.8 Å². The lowest BCUT2D eigenvalue weighted by atomic mass is 9.43. The predicted octanol–water partition coefficient (Wildman–Crippen LogP) is 4.54. The SMILES string of the molecule is C=C(C)CCC(NC)C12CC3CC(CC(C)(C3)C1)C2. The molecule has 0 aromatic carbocycles. The molecule has 4 rings (SSSR count). The third-order valence-corrected chi connectivity index (χ3v) is 6.35. The normalized spacial score (nSPS) is 45.4. The van der Waals surface area contributed by atoms with Gasteiger partial charge in [0.25, 0.3) is 0 Å². The molecule has 3 atom stereocenters. The third-order valence-electron chi connectivity index (χ3n) is 6.35. The molecule has 4 bridgehead atoms. The molecule has 0 aromatic rings. The zero-order chi connectivity index (χ0) is 13.7. The van der Waals surface area contributed by atoms with Crippen LogP contribution in [0.25, 0.3) is 0 Å². The Morgan fingerprint density at radius 3 is 2.37 bits per heavy atom. The Morgan fingerprint density at radius 2 is 1.89 bits per heavy atom. The highest BCUT2D eigenvalue weighted by molar-refractivity contribution is 5.10. The van der Waals surface area contributed by atoms with Gasteiger partial charge in [0.1, 0.15) is 0 Å². The zero-order valence-electron chi connectivity index (χ0n) is 13.1. The van der Waals surface area contributed by atoms with Crippen LogP contribution in [0, 0.1) is 22.7 Å². The van der Waals surface area contributed by atoms with Gasteiger partial charge >= 0.3 is 0 Å². The fraction of sp³-hybridized carbons (Fsp3) is 0.889. The van der Waals surface area contributed by atoms with Crippen LogP contribution < -0.4 is 5.32 Å². The first-order chi connectivity index (χ1) is 8.95. The Morgan fingerprint density at radius 1 is 1.26 bits per heavy atom. The van der Waals surface area contributed by atoms with Crippen molar-refractivity contribution in [2.45, 2.75) is 71.3 Å². The lowest BCUT2D eigenvalue weighted by Crippen LogP contribution is -2.58. The van der Waals surface area contributed by atoms with Crippen LogP contribution in [0.4, 0.5) is 0 Å². The van der Waals surface area contributed by atoms with Crippen LogP contribution in [0.5, 0.6) is 0 Å². The summed E-state index contributed by atoms with van der Waals surface area (Å²) in [5.74, 6) is 2.07. The maximum absolute atomic E-state index is 4.09. The largest absolute Gasteiger partial charge is 0.316 e. The Balaban J connectivity index is 1.79. The van der Waals surface area contributed by atoms with Crippen LogP contribution in [0.15, 0.2) is 12.2 Å². The average molecular weight is 261 g/mol. The predicted molar refractivity (Wildman–Crippen MR) is 82.1 cm³/mol. The van der Waals surface area contributed by atoms with Gasteiger partial charge in [-0.1, -0.05) is 12.5 Å². The van der Waals surface area contributed by atoms with Crippen LogP contribution in [0.1, 0.15) is 65.2 Å². The number of hydrogen-bond acceptors (Lipinski definition) is 1. The summed E-state index contributed by atoms with van der Waals surface area (Å²) >= 11 is 0. The summed E-state index contributed by atoms with van der Waals surface area (Å²) in [4.78, 5) is 0. The first kappa shape index (κ1) is 13.7. The molecule has 0 amide bonds. The van der Waals surface area contributed by atoms with Crippen molar-refractivity contribution in [3.05, 3.63) is 12.2 Å². The summed E-state index contributed by atoms with van der Waals surface area (Å²) in [6.45, 7) is 8.84. The second-order valence-electron chi connectivity index (χ2n) is 8.47. The van der Waals surface area contributed by atoms with Crippen LogP contribution in [-0.4, -0.2) is 13.1 Å². The molecule has 1 N–H and O–H groups in total. The highest BCUT2D eigenvalue weighted by Gasteiger charge is 2.57. The van der Waals surface area contributed by atoms with Crippen LogP contribution in [0.2, 0.25) is 0 Å². The van der Waals surface area contributed by atoms with Gasteiger partial charge in [-0.2, -0.15) is 0 Å². The fourth-order valence-electron chi connectivity index (χ4n) is 6.35. The van der Waals surface area contributed by atoms with Gasteiger partial charge in [-0.05, 0) is 88.0 Å². The highest BCUT2D eigenvalue weighted by Crippen LogP contribution is 2.66. The fourth-order valence-corrected chi connectivity index (χ4v) is 6.35. The molecule has 1 nitrogen and oxygen atoms in total. The van der Waals surface area contributed by atoms with Crippen molar-refractivity contribution in [1.29, 1.82) is 0 Å². The molecule has 0 aromatic heterocycles. The molecule has 108 valence electrons. The van der Waals surface area contributed by atoms with Gasteiger partial charge in [0.15, 0.2) is 0 Å². The van der Waals surface area contributed by atoms with E-state index in [-0.39, 0.29) is 0 Å². The minimum absolute atomic E-state index is 0.614. The van der Waals surface area contributed by atoms with E-state index in [0.717, 1.165) is 17.9 Å². The Hall–Kier alpha value is -0.300. The highest BCUT2D eigenvalue weighted by atomic mass is 14.9. The van der Waals surface area contributed by atoms with Crippen molar-refractivity contribution < 1.29 is 0 Å². The maximum atomic E-state index is 4.09. The first-order valence-electron chi connectivity index (χ1n) is 8.26. The first-order valence-corrected chi connectivity index (χ1v) is 8.26. The van der Waals surface area contributed by atoms with Crippen molar-refractivity contribution >= 4 is 0 Å². The number of nitrogens with one attached hydrogen (secondary N) is 1. The summed E-state index contributed by atoms with van der Waals surface area (Å²) in [7, 11) is 2.18. The standard InChI is InChI=1S/C18H31N/c1-13(2)5-6-16(19-4)18-10-14-7-15(11-18)9-17(3,8-14)12-18/h14-16,19H,1,5-12H2,2-4H3. The quantitative estimate of drug-likeness (QED) is 0.717. The van der Waals surface area contributed by atoms with Gasteiger partial charge in [0, 0.05) is 6.04 Å². The van der Waals surface area contributed by atoms with Crippen molar-refractivity contribution in [3.8, 4) is 0 Å². The molecule has 0 saturated heterocycles. The van der Waals surface area contributed by atoms with E-state index in [4.69, 9.17) is 0 Å². The molecule has 3 unspecified atom stereocenters. The smallest absolute Gasteiger partial charge is 0.0124 e. The van der Waals surface area contributed by atoms with Crippen molar-refractivity contribution in [1.82, 2.24) is 5.32 Å². The monoisotopic (exact) mass is 261 g/mol. The molecule has 0 aliphatic heterocycles. The van der Waals surface area contributed by atoms with Crippen LogP contribution >= 0.6 is 0 Å². The van der Waals surface area contributed by atoms with E-state index in [0.29, 0.717) is 10.8 Å². The minimum atomic E-state index is 0.614. The van der Waals surface area contributed by atoms with E-state index in [9.17, 15) is 0 Å². The van der Waals surface area contributed by atoms with E-state index >= 15 is 0 Å². The van der Waals surface area contributed by atoms with E-state index in [1.807, 2.05) is 0 Å².